The second-order valence-corrected chi connectivity index (χ2v) is 12.6. The highest BCUT2D eigenvalue weighted by Crippen LogP contribution is 2.35. The molecular formula is C35H46N4O4. The van der Waals surface area contributed by atoms with Gasteiger partial charge in [0.1, 0.15) is 12.4 Å². The van der Waals surface area contributed by atoms with Crippen LogP contribution in [0.3, 0.4) is 0 Å². The molecule has 43 heavy (non-hydrogen) atoms. The summed E-state index contributed by atoms with van der Waals surface area (Å²) in [5.41, 5.74) is 7.22. The first-order chi connectivity index (χ1) is 20.7. The predicted octanol–water partition coefficient (Wildman–Crippen LogP) is 6.20. The Kier molecular flexibility index (Phi) is 9.67. The van der Waals surface area contributed by atoms with Gasteiger partial charge in [0.2, 0.25) is 5.95 Å². The molecule has 230 valence electrons. The largest absolute Gasteiger partial charge is 0.488 e. The fourth-order valence-corrected chi connectivity index (χ4v) is 6.34. The average Bonchev–Trinajstić information content (AvgIpc) is 3.01. The number of anilines is 1. The van der Waals surface area contributed by atoms with Gasteiger partial charge in [0.15, 0.2) is 0 Å². The number of hydrogen-bond acceptors (Lipinski definition) is 7. The van der Waals surface area contributed by atoms with Crippen LogP contribution >= 0.6 is 0 Å². The third-order valence-corrected chi connectivity index (χ3v) is 8.98. The minimum atomic E-state index is -0.929. The number of hydrogen-bond donors (Lipinski definition) is 1. The predicted molar refractivity (Wildman–Crippen MR) is 170 cm³/mol. The van der Waals surface area contributed by atoms with Gasteiger partial charge in [0.25, 0.3) is 0 Å². The molecule has 3 aromatic rings. The summed E-state index contributed by atoms with van der Waals surface area (Å²) in [6.07, 6.45) is 5.93. The molecular weight excluding hydrogens is 540 g/mol. The van der Waals surface area contributed by atoms with Crippen LogP contribution in [0, 0.1) is 19.3 Å². The normalized spacial score (nSPS) is 16.1. The maximum absolute atomic E-state index is 11.8. The molecule has 8 heteroatoms. The monoisotopic (exact) mass is 586 g/mol. The second kappa shape index (κ2) is 13.4. The number of ether oxygens (including phenoxy) is 2. The van der Waals surface area contributed by atoms with Gasteiger partial charge in [-0.05, 0) is 93.3 Å². The van der Waals surface area contributed by atoms with Gasteiger partial charge in [-0.25, -0.2) is 9.97 Å². The van der Waals surface area contributed by atoms with Crippen LogP contribution in [0.5, 0.6) is 5.75 Å². The smallest absolute Gasteiger partial charge is 0.310 e. The van der Waals surface area contributed by atoms with Crippen molar-refractivity contribution in [2.75, 3.05) is 37.7 Å². The zero-order valence-corrected chi connectivity index (χ0v) is 26.4. The number of carboxylic acids is 1. The Balaban J connectivity index is 1.35. The average molecular weight is 587 g/mol. The molecule has 1 fully saturated rings. The molecule has 1 N–H and O–H groups in total. The molecule has 0 bridgehead atoms. The summed E-state index contributed by atoms with van der Waals surface area (Å²) < 4.78 is 12.2. The van der Waals surface area contributed by atoms with E-state index in [1.807, 2.05) is 23.1 Å². The molecule has 0 radical (unpaired) electrons. The molecule has 8 nitrogen and oxygen atoms in total. The minimum Gasteiger partial charge on any atom is -0.488 e. The first-order valence-corrected chi connectivity index (χ1v) is 15.6. The first-order valence-electron chi connectivity index (χ1n) is 15.6. The number of benzene rings is 2. The highest BCUT2D eigenvalue weighted by atomic mass is 16.5. The van der Waals surface area contributed by atoms with Gasteiger partial charge in [0.05, 0.1) is 11.1 Å². The molecule has 0 atom stereocenters. The lowest BCUT2D eigenvalue weighted by Gasteiger charge is -2.38. The Bertz CT molecular complexity index is 1430. The van der Waals surface area contributed by atoms with E-state index >= 15 is 0 Å². The van der Waals surface area contributed by atoms with Crippen molar-refractivity contribution in [1.29, 1.82) is 0 Å². The van der Waals surface area contributed by atoms with Crippen molar-refractivity contribution in [3.8, 4) is 17.0 Å². The summed E-state index contributed by atoms with van der Waals surface area (Å²) in [5, 5.41) is 9.72. The van der Waals surface area contributed by atoms with Gasteiger partial charge in [-0.2, -0.15) is 0 Å². The van der Waals surface area contributed by atoms with E-state index in [-0.39, 0.29) is 0 Å². The fraction of sp³-hybridized carbons (Fsp3) is 0.514. The lowest BCUT2D eigenvalue weighted by molar-refractivity contribution is -0.146. The van der Waals surface area contributed by atoms with Crippen molar-refractivity contribution in [2.24, 2.45) is 5.41 Å². The van der Waals surface area contributed by atoms with Crippen molar-refractivity contribution in [2.45, 2.75) is 79.5 Å². The number of para-hydroxylation sites is 1. The SMILES string of the molecule is CCCN(CC(C)(C)C(=O)O)c1nccc(-c2cccc(C)c2OCc2ccc3c(c2C)CCN(C2CCOCC2)C3)n1. The zero-order valence-electron chi connectivity index (χ0n) is 26.4. The highest BCUT2D eigenvalue weighted by molar-refractivity contribution is 5.74. The Morgan fingerprint density at radius 2 is 1.95 bits per heavy atom. The van der Waals surface area contributed by atoms with Crippen molar-refractivity contribution >= 4 is 11.9 Å². The fourth-order valence-electron chi connectivity index (χ4n) is 6.34. The number of fused-ring (bicyclic) bond motifs is 1. The van der Waals surface area contributed by atoms with Crippen LogP contribution in [0.25, 0.3) is 11.3 Å². The maximum atomic E-state index is 11.8. The highest BCUT2D eigenvalue weighted by Gasteiger charge is 2.31. The molecule has 2 aliphatic heterocycles. The topological polar surface area (TPSA) is 88.0 Å². The number of aromatic nitrogens is 2. The van der Waals surface area contributed by atoms with E-state index in [0.717, 1.165) is 74.6 Å². The Labute approximate surface area is 256 Å². The van der Waals surface area contributed by atoms with Gasteiger partial charge >= 0.3 is 5.97 Å². The molecule has 0 aliphatic carbocycles. The van der Waals surface area contributed by atoms with E-state index < -0.39 is 11.4 Å². The first kappa shape index (κ1) is 31.0. The molecule has 0 spiro atoms. The Morgan fingerprint density at radius 1 is 1.16 bits per heavy atom. The molecule has 0 unspecified atom stereocenters. The number of nitrogens with zero attached hydrogens (tertiary/aromatic N) is 4. The van der Waals surface area contributed by atoms with Crippen molar-refractivity contribution in [3.05, 3.63) is 70.4 Å². The van der Waals surface area contributed by atoms with Crippen LogP contribution in [0.2, 0.25) is 0 Å². The van der Waals surface area contributed by atoms with Crippen LogP contribution in [0.15, 0.2) is 42.6 Å². The maximum Gasteiger partial charge on any atom is 0.310 e. The van der Waals surface area contributed by atoms with Crippen LogP contribution < -0.4 is 9.64 Å². The third-order valence-electron chi connectivity index (χ3n) is 8.98. The summed E-state index contributed by atoms with van der Waals surface area (Å²) in [4.78, 5) is 25.9. The third kappa shape index (κ3) is 7.02. The van der Waals surface area contributed by atoms with Crippen LogP contribution in [0.4, 0.5) is 5.95 Å². The lowest BCUT2D eigenvalue weighted by Crippen LogP contribution is -2.42. The quantitative estimate of drug-likeness (QED) is 0.284. The van der Waals surface area contributed by atoms with E-state index in [9.17, 15) is 9.90 Å². The number of aryl methyl sites for hydroxylation is 1. The number of carboxylic acid groups (broad SMARTS) is 1. The molecule has 2 aliphatic rings. The molecule has 1 saturated heterocycles. The molecule has 0 amide bonds. The second-order valence-electron chi connectivity index (χ2n) is 12.6. The number of aliphatic carboxylic acids is 1. The summed E-state index contributed by atoms with van der Waals surface area (Å²) in [6.45, 7) is 15.2. The van der Waals surface area contributed by atoms with Crippen molar-refractivity contribution in [1.82, 2.24) is 14.9 Å². The van der Waals surface area contributed by atoms with Gasteiger partial charge in [0, 0.05) is 57.2 Å². The van der Waals surface area contributed by atoms with Gasteiger partial charge in [-0.1, -0.05) is 31.2 Å². The summed E-state index contributed by atoms with van der Waals surface area (Å²) >= 11 is 0. The molecule has 2 aromatic carbocycles. The van der Waals surface area contributed by atoms with Gasteiger partial charge in [-0.3, -0.25) is 9.69 Å². The van der Waals surface area contributed by atoms with E-state index in [2.05, 4.69) is 48.9 Å². The van der Waals surface area contributed by atoms with Crippen molar-refractivity contribution < 1.29 is 19.4 Å². The molecule has 3 heterocycles. The molecule has 0 saturated carbocycles. The van der Waals surface area contributed by atoms with Crippen LogP contribution in [-0.2, 0) is 29.1 Å². The van der Waals surface area contributed by atoms with Gasteiger partial charge in [-0.15, -0.1) is 0 Å². The van der Waals surface area contributed by atoms with E-state index in [0.29, 0.717) is 31.7 Å². The zero-order chi connectivity index (χ0) is 30.6. The number of rotatable bonds is 11. The standard InChI is InChI=1S/C35H46N4O4/c1-6-17-39(23-35(4,5)33(40)41)34-36-16-12-31(37-34)30-9-7-8-24(2)32(30)43-22-27-11-10-26-21-38(18-13-29(26)25(27)3)28-14-19-42-20-15-28/h7-12,16,28H,6,13-15,17-23H2,1-5H3,(H,40,41). The van der Waals surface area contributed by atoms with E-state index in [1.54, 1.807) is 20.0 Å². The Hall–Kier alpha value is -3.49. The molecule has 1 aromatic heterocycles. The number of carbonyl (C=O) groups is 1. The molecule has 5 rings (SSSR count). The van der Waals surface area contributed by atoms with Crippen LogP contribution in [0.1, 0.15) is 67.9 Å². The van der Waals surface area contributed by atoms with Crippen LogP contribution in [-0.4, -0.2) is 64.8 Å². The summed E-state index contributed by atoms with van der Waals surface area (Å²) in [5.74, 6) is 0.498. The van der Waals surface area contributed by atoms with Crippen molar-refractivity contribution in [3.63, 3.8) is 0 Å². The summed E-state index contributed by atoms with van der Waals surface area (Å²) in [6, 6.07) is 13.2. The van der Waals surface area contributed by atoms with E-state index in [4.69, 9.17) is 14.5 Å². The van der Waals surface area contributed by atoms with Gasteiger partial charge < -0.3 is 19.5 Å². The minimum absolute atomic E-state index is 0.321. The summed E-state index contributed by atoms with van der Waals surface area (Å²) in [7, 11) is 0. The lowest BCUT2D eigenvalue weighted by atomic mass is 9.90. The van der Waals surface area contributed by atoms with E-state index in [1.165, 1.54) is 22.3 Å². The Morgan fingerprint density at radius 3 is 2.70 bits per heavy atom.